The molecule has 0 aliphatic carbocycles. The summed E-state index contributed by atoms with van der Waals surface area (Å²) in [5.74, 6) is 2.58. The van der Waals surface area contributed by atoms with Crippen molar-refractivity contribution in [3.8, 4) is 0 Å². The van der Waals surface area contributed by atoms with E-state index in [0.29, 0.717) is 26.1 Å². The van der Waals surface area contributed by atoms with Gasteiger partial charge in [0, 0.05) is 68.7 Å². The Morgan fingerprint density at radius 3 is 2.52 bits per heavy atom. The fourth-order valence-corrected chi connectivity index (χ4v) is 4.02. The third-order valence-corrected chi connectivity index (χ3v) is 5.83. The van der Waals surface area contributed by atoms with Gasteiger partial charge in [0.2, 0.25) is 11.9 Å². The van der Waals surface area contributed by atoms with Crippen molar-refractivity contribution in [2.24, 2.45) is 4.99 Å². The van der Waals surface area contributed by atoms with E-state index in [2.05, 4.69) is 42.6 Å². The average molecular weight is 442 g/mol. The van der Waals surface area contributed by atoms with Crippen molar-refractivity contribution in [2.45, 2.75) is 18.2 Å². The highest BCUT2D eigenvalue weighted by Crippen LogP contribution is 2.15. The fraction of sp³-hybridized carbons (Fsp3) is 0.455. The summed E-state index contributed by atoms with van der Waals surface area (Å²) in [7, 11) is 0. The number of nitrogens with zero attached hydrogens (tertiary/aromatic N) is 5. The SMILES string of the molecule is CCNC(=NCCC(=O)N1CCN(c2ncccn2)CC1)NCCSc1ccccc1. The number of benzene rings is 1. The maximum absolute atomic E-state index is 12.6. The Bertz CT molecular complexity index is 811. The van der Waals surface area contributed by atoms with Gasteiger partial charge in [-0.15, -0.1) is 11.8 Å². The van der Waals surface area contributed by atoms with Crippen molar-refractivity contribution in [1.29, 1.82) is 0 Å². The van der Waals surface area contributed by atoms with Crippen LogP contribution >= 0.6 is 11.8 Å². The fourth-order valence-electron chi connectivity index (χ4n) is 3.23. The highest BCUT2D eigenvalue weighted by Gasteiger charge is 2.21. The molecule has 2 heterocycles. The number of carbonyl (C=O) groups is 1. The first-order valence-electron chi connectivity index (χ1n) is 10.8. The van der Waals surface area contributed by atoms with E-state index >= 15 is 0 Å². The number of aromatic nitrogens is 2. The number of guanidine groups is 1. The maximum atomic E-state index is 12.6. The van der Waals surface area contributed by atoms with Crippen LogP contribution in [0, 0.1) is 0 Å². The molecule has 8 nitrogen and oxygen atoms in total. The Morgan fingerprint density at radius 1 is 1.06 bits per heavy atom. The smallest absolute Gasteiger partial charge is 0.225 e. The molecule has 1 aliphatic rings. The Morgan fingerprint density at radius 2 is 1.81 bits per heavy atom. The van der Waals surface area contributed by atoms with Gasteiger partial charge in [-0.3, -0.25) is 9.79 Å². The first kappa shape index (κ1) is 22.9. The molecule has 1 aromatic carbocycles. The second kappa shape index (κ2) is 12.8. The number of hydrogen-bond acceptors (Lipinski definition) is 6. The molecule has 1 aromatic heterocycles. The molecule has 0 spiro atoms. The molecular weight excluding hydrogens is 410 g/mol. The zero-order chi connectivity index (χ0) is 21.7. The van der Waals surface area contributed by atoms with Crippen molar-refractivity contribution < 1.29 is 4.79 Å². The number of nitrogens with one attached hydrogen (secondary N) is 2. The van der Waals surface area contributed by atoms with Crippen molar-refractivity contribution >= 4 is 29.6 Å². The molecule has 1 saturated heterocycles. The quantitative estimate of drug-likeness (QED) is 0.266. The molecule has 2 N–H and O–H groups in total. The molecule has 2 aromatic rings. The van der Waals surface area contributed by atoms with Crippen LogP contribution in [0.4, 0.5) is 5.95 Å². The molecule has 0 radical (unpaired) electrons. The van der Waals surface area contributed by atoms with Gasteiger partial charge in [0.05, 0.1) is 6.54 Å². The summed E-state index contributed by atoms with van der Waals surface area (Å²) in [4.78, 5) is 31.0. The van der Waals surface area contributed by atoms with E-state index in [4.69, 9.17) is 0 Å². The molecule has 9 heteroatoms. The van der Waals surface area contributed by atoms with Crippen LogP contribution < -0.4 is 15.5 Å². The van der Waals surface area contributed by atoms with Gasteiger partial charge >= 0.3 is 0 Å². The Kier molecular flexibility index (Phi) is 9.43. The van der Waals surface area contributed by atoms with Crippen LogP contribution in [-0.2, 0) is 4.79 Å². The van der Waals surface area contributed by atoms with Gasteiger partial charge in [0.15, 0.2) is 5.96 Å². The first-order valence-corrected chi connectivity index (χ1v) is 11.7. The van der Waals surface area contributed by atoms with Crippen molar-refractivity contribution in [1.82, 2.24) is 25.5 Å². The molecule has 0 saturated carbocycles. The molecule has 0 unspecified atom stereocenters. The monoisotopic (exact) mass is 441 g/mol. The second-order valence-corrected chi connectivity index (χ2v) is 8.18. The molecular formula is C22H31N7OS. The van der Waals surface area contributed by atoms with Gasteiger partial charge in [0.25, 0.3) is 0 Å². The summed E-state index contributed by atoms with van der Waals surface area (Å²) in [5, 5.41) is 6.58. The van der Waals surface area contributed by atoms with E-state index < -0.39 is 0 Å². The predicted molar refractivity (Wildman–Crippen MR) is 127 cm³/mol. The molecule has 166 valence electrons. The van der Waals surface area contributed by atoms with Crippen LogP contribution in [0.25, 0.3) is 0 Å². The number of aliphatic imine (C=N–C) groups is 1. The Balaban J connectivity index is 1.36. The van der Waals surface area contributed by atoms with Crippen molar-refractivity contribution in [2.75, 3.05) is 56.5 Å². The Labute approximate surface area is 188 Å². The second-order valence-electron chi connectivity index (χ2n) is 7.02. The summed E-state index contributed by atoms with van der Waals surface area (Å²) in [5.41, 5.74) is 0. The molecule has 1 amide bonds. The van der Waals surface area contributed by atoms with Gasteiger partial charge in [0.1, 0.15) is 0 Å². The number of amides is 1. The van der Waals surface area contributed by atoms with E-state index in [1.54, 1.807) is 12.4 Å². The van der Waals surface area contributed by atoms with Crippen LogP contribution in [0.5, 0.6) is 0 Å². The van der Waals surface area contributed by atoms with E-state index in [-0.39, 0.29) is 5.91 Å². The summed E-state index contributed by atoms with van der Waals surface area (Å²) >= 11 is 1.81. The minimum atomic E-state index is 0.146. The number of anilines is 1. The number of carbonyl (C=O) groups excluding carboxylic acids is 1. The molecule has 31 heavy (non-hydrogen) atoms. The van der Waals surface area contributed by atoms with Crippen molar-refractivity contribution in [3.63, 3.8) is 0 Å². The predicted octanol–water partition coefficient (Wildman–Crippen LogP) is 1.86. The lowest BCUT2D eigenvalue weighted by molar-refractivity contribution is -0.131. The summed E-state index contributed by atoms with van der Waals surface area (Å²) in [6, 6.07) is 12.2. The molecule has 1 fully saturated rings. The minimum Gasteiger partial charge on any atom is -0.357 e. The van der Waals surface area contributed by atoms with Gasteiger partial charge in [-0.25, -0.2) is 9.97 Å². The summed E-state index contributed by atoms with van der Waals surface area (Å²) in [6.07, 6.45) is 3.90. The molecule has 1 aliphatic heterocycles. The van der Waals surface area contributed by atoms with Crippen LogP contribution in [0.15, 0.2) is 58.7 Å². The zero-order valence-corrected chi connectivity index (χ0v) is 18.9. The topological polar surface area (TPSA) is 85.8 Å². The van der Waals surface area contributed by atoms with Crippen LogP contribution in [0.1, 0.15) is 13.3 Å². The lowest BCUT2D eigenvalue weighted by Gasteiger charge is -2.34. The van der Waals surface area contributed by atoms with E-state index in [0.717, 1.165) is 43.8 Å². The summed E-state index contributed by atoms with van der Waals surface area (Å²) in [6.45, 7) is 6.99. The molecule has 0 atom stereocenters. The first-order chi connectivity index (χ1) is 15.3. The summed E-state index contributed by atoms with van der Waals surface area (Å²) < 4.78 is 0. The van der Waals surface area contributed by atoms with Crippen LogP contribution in [0.2, 0.25) is 0 Å². The maximum Gasteiger partial charge on any atom is 0.225 e. The van der Waals surface area contributed by atoms with E-state index in [1.807, 2.05) is 47.9 Å². The number of hydrogen-bond donors (Lipinski definition) is 2. The van der Waals surface area contributed by atoms with Gasteiger partial charge in [-0.05, 0) is 25.1 Å². The third-order valence-electron chi connectivity index (χ3n) is 4.81. The third kappa shape index (κ3) is 7.75. The highest BCUT2D eigenvalue weighted by atomic mass is 32.2. The van der Waals surface area contributed by atoms with Crippen LogP contribution in [-0.4, -0.2) is 78.3 Å². The zero-order valence-electron chi connectivity index (χ0n) is 18.0. The molecule has 0 bridgehead atoms. The number of rotatable bonds is 9. The Hall–Kier alpha value is -2.81. The van der Waals surface area contributed by atoms with E-state index in [9.17, 15) is 4.79 Å². The number of piperazine rings is 1. The minimum absolute atomic E-state index is 0.146. The van der Waals surface area contributed by atoms with Gasteiger partial charge in [-0.2, -0.15) is 0 Å². The lowest BCUT2D eigenvalue weighted by Crippen LogP contribution is -2.49. The van der Waals surface area contributed by atoms with Gasteiger partial charge < -0.3 is 20.4 Å². The van der Waals surface area contributed by atoms with Gasteiger partial charge in [-0.1, -0.05) is 18.2 Å². The molecule has 3 rings (SSSR count). The highest BCUT2D eigenvalue weighted by molar-refractivity contribution is 7.99. The normalized spacial score (nSPS) is 14.4. The average Bonchev–Trinajstić information content (AvgIpc) is 2.83. The largest absolute Gasteiger partial charge is 0.357 e. The van der Waals surface area contributed by atoms with Crippen LogP contribution in [0.3, 0.4) is 0 Å². The lowest BCUT2D eigenvalue weighted by atomic mass is 10.3. The van der Waals surface area contributed by atoms with E-state index in [1.165, 1.54) is 4.90 Å². The standard InChI is InChI=1S/C22H31N7OS/c1-2-23-21(25-13-18-31-19-7-4-3-5-8-19)24-12-9-20(30)28-14-16-29(17-15-28)22-26-10-6-11-27-22/h3-8,10-11H,2,9,12-18H2,1H3,(H2,23,24,25). The number of thioether (sulfide) groups is 1. The van der Waals surface area contributed by atoms with Crippen molar-refractivity contribution in [3.05, 3.63) is 48.8 Å².